The van der Waals surface area contributed by atoms with Gasteiger partial charge in [-0.25, -0.2) is 9.18 Å². The molecule has 31 heavy (non-hydrogen) atoms. The van der Waals surface area contributed by atoms with Gasteiger partial charge in [0.25, 0.3) is 5.91 Å². The molecule has 1 unspecified atom stereocenters. The fourth-order valence-corrected chi connectivity index (χ4v) is 2.87. The summed E-state index contributed by atoms with van der Waals surface area (Å²) in [7, 11) is 0. The summed E-state index contributed by atoms with van der Waals surface area (Å²) in [5.41, 5.74) is 2.09. The molecule has 1 aromatic heterocycles. The highest BCUT2D eigenvalue weighted by Gasteiger charge is 2.20. The summed E-state index contributed by atoms with van der Waals surface area (Å²) in [6.07, 6.45) is -1.09. The number of ether oxygens (including phenoxy) is 2. The van der Waals surface area contributed by atoms with E-state index >= 15 is 0 Å². The van der Waals surface area contributed by atoms with Crippen molar-refractivity contribution in [3.05, 3.63) is 75.9 Å². The largest absolute Gasteiger partial charge is 0.489 e. The van der Waals surface area contributed by atoms with E-state index < -0.39 is 23.8 Å². The first-order valence-corrected chi connectivity index (χ1v) is 9.74. The SMILES string of the molecule is Cc1noc(C)c1COc1ccc(C(=O)OC(C)C(=O)Nc2ccc(F)cc2Cl)cc1. The number of carbonyl (C=O) groups is 2. The molecule has 1 amide bonds. The zero-order chi connectivity index (χ0) is 22.5. The molecule has 162 valence electrons. The van der Waals surface area contributed by atoms with E-state index in [1.807, 2.05) is 6.92 Å². The van der Waals surface area contributed by atoms with Crippen LogP contribution in [0.25, 0.3) is 0 Å². The molecule has 7 nitrogen and oxygen atoms in total. The van der Waals surface area contributed by atoms with Gasteiger partial charge in [0.15, 0.2) is 6.10 Å². The van der Waals surface area contributed by atoms with Crippen LogP contribution in [0, 0.1) is 19.7 Å². The van der Waals surface area contributed by atoms with Crippen molar-refractivity contribution in [3.63, 3.8) is 0 Å². The third-order valence-corrected chi connectivity index (χ3v) is 4.81. The van der Waals surface area contributed by atoms with E-state index in [-0.39, 0.29) is 22.9 Å². The van der Waals surface area contributed by atoms with Crippen molar-refractivity contribution in [2.45, 2.75) is 33.5 Å². The lowest BCUT2D eigenvalue weighted by atomic mass is 10.2. The number of nitrogens with one attached hydrogen (secondary N) is 1. The first-order valence-electron chi connectivity index (χ1n) is 9.36. The topological polar surface area (TPSA) is 90.7 Å². The third kappa shape index (κ3) is 5.61. The Morgan fingerprint density at radius 3 is 2.52 bits per heavy atom. The second kappa shape index (κ2) is 9.61. The number of halogens is 2. The van der Waals surface area contributed by atoms with Crippen LogP contribution in [-0.4, -0.2) is 23.1 Å². The number of hydrogen-bond donors (Lipinski definition) is 1. The summed E-state index contributed by atoms with van der Waals surface area (Å²) in [5.74, 6) is -0.562. The van der Waals surface area contributed by atoms with Crippen molar-refractivity contribution < 1.29 is 28.0 Å². The molecule has 1 atom stereocenters. The molecule has 0 bridgehead atoms. The van der Waals surface area contributed by atoms with Gasteiger partial charge in [0.05, 0.1) is 27.5 Å². The Morgan fingerprint density at radius 2 is 1.90 bits per heavy atom. The van der Waals surface area contributed by atoms with Gasteiger partial charge in [0.1, 0.15) is 23.9 Å². The molecule has 0 radical (unpaired) electrons. The molecule has 0 fully saturated rings. The highest BCUT2D eigenvalue weighted by atomic mass is 35.5. The van der Waals surface area contributed by atoms with Crippen molar-refractivity contribution in [2.75, 3.05) is 5.32 Å². The highest BCUT2D eigenvalue weighted by molar-refractivity contribution is 6.33. The van der Waals surface area contributed by atoms with E-state index in [0.717, 1.165) is 23.4 Å². The molecular formula is C22H20ClFN2O5. The van der Waals surface area contributed by atoms with Gasteiger partial charge in [-0.2, -0.15) is 0 Å². The van der Waals surface area contributed by atoms with Gasteiger partial charge in [0.2, 0.25) is 0 Å². The predicted molar refractivity (Wildman–Crippen MR) is 112 cm³/mol. The minimum absolute atomic E-state index is 0.0408. The van der Waals surface area contributed by atoms with Gasteiger partial charge in [-0.15, -0.1) is 0 Å². The van der Waals surface area contributed by atoms with Gasteiger partial charge in [0, 0.05) is 0 Å². The summed E-state index contributed by atoms with van der Waals surface area (Å²) >= 11 is 5.89. The van der Waals surface area contributed by atoms with Gasteiger partial charge >= 0.3 is 5.97 Å². The Morgan fingerprint density at radius 1 is 1.19 bits per heavy atom. The fourth-order valence-electron chi connectivity index (χ4n) is 2.66. The lowest BCUT2D eigenvalue weighted by Crippen LogP contribution is -2.30. The van der Waals surface area contributed by atoms with Crippen LogP contribution in [-0.2, 0) is 16.1 Å². The molecule has 9 heteroatoms. The number of hydrogen-bond acceptors (Lipinski definition) is 6. The molecule has 3 rings (SSSR count). The minimum Gasteiger partial charge on any atom is -0.489 e. The number of carbonyl (C=O) groups excluding carboxylic acids is 2. The van der Waals surface area contributed by atoms with Crippen LogP contribution in [0.4, 0.5) is 10.1 Å². The van der Waals surface area contributed by atoms with Gasteiger partial charge in [-0.05, 0) is 63.2 Å². The van der Waals surface area contributed by atoms with E-state index in [0.29, 0.717) is 11.5 Å². The van der Waals surface area contributed by atoms with Crippen molar-refractivity contribution >= 4 is 29.2 Å². The standard InChI is InChI=1S/C22H20ClFN2O5/c1-12-18(13(2)31-26-12)11-29-17-7-4-15(5-8-17)22(28)30-14(3)21(27)25-20-9-6-16(24)10-19(20)23/h4-10,14H,11H2,1-3H3,(H,25,27). The average Bonchev–Trinajstić information content (AvgIpc) is 3.06. The number of nitrogens with zero attached hydrogens (tertiary/aromatic N) is 1. The van der Waals surface area contributed by atoms with Crippen molar-refractivity contribution in [2.24, 2.45) is 0 Å². The van der Waals surface area contributed by atoms with Crippen molar-refractivity contribution in [1.82, 2.24) is 5.16 Å². The Balaban J connectivity index is 1.55. The molecule has 3 aromatic rings. The predicted octanol–water partition coefficient (Wildman–Crippen LogP) is 4.85. The van der Waals surface area contributed by atoms with Crippen LogP contribution in [0.2, 0.25) is 5.02 Å². The Labute approximate surface area is 183 Å². The Hall–Kier alpha value is -3.39. The zero-order valence-corrected chi connectivity index (χ0v) is 17.8. The third-order valence-electron chi connectivity index (χ3n) is 4.50. The molecule has 0 aliphatic heterocycles. The van der Waals surface area contributed by atoms with Crippen LogP contribution < -0.4 is 10.1 Å². The fraction of sp³-hybridized carbons (Fsp3) is 0.227. The van der Waals surface area contributed by atoms with E-state index in [2.05, 4.69) is 10.5 Å². The second-order valence-corrected chi connectivity index (χ2v) is 7.18. The molecule has 1 heterocycles. The van der Waals surface area contributed by atoms with Gasteiger partial charge in [-0.1, -0.05) is 16.8 Å². The van der Waals surface area contributed by atoms with Crippen LogP contribution >= 0.6 is 11.6 Å². The number of rotatable bonds is 7. The van der Waals surface area contributed by atoms with Crippen LogP contribution in [0.3, 0.4) is 0 Å². The smallest absolute Gasteiger partial charge is 0.338 e. The first kappa shape index (κ1) is 22.3. The number of benzene rings is 2. The summed E-state index contributed by atoms with van der Waals surface area (Å²) < 4.78 is 29.1. The van der Waals surface area contributed by atoms with E-state index in [9.17, 15) is 14.0 Å². The summed E-state index contributed by atoms with van der Waals surface area (Å²) in [6, 6.07) is 9.87. The minimum atomic E-state index is -1.09. The normalized spacial score (nSPS) is 11.6. The Kier molecular flexibility index (Phi) is 6.91. The van der Waals surface area contributed by atoms with Crippen molar-refractivity contribution in [1.29, 1.82) is 0 Å². The van der Waals surface area contributed by atoms with Crippen LogP contribution in [0.5, 0.6) is 5.75 Å². The van der Waals surface area contributed by atoms with Crippen LogP contribution in [0.1, 0.15) is 34.3 Å². The second-order valence-electron chi connectivity index (χ2n) is 6.78. The van der Waals surface area contributed by atoms with Gasteiger partial charge < -0.3 is 19.3 Å². The van der Waals surface area contributed by atoms with E-state index in [1.165, 1.54) is 25.1 Å². The van der Waals surface area contributed by atoms with Gasteiger partial charge in [-0.3, -0.25) is 4.79 Å². The first-order chi connectivity index (χ1) is 14.7. The maximum absolute atomic E-state index is 13.1. The van der Waals surface area contributed by atoms with E-state index in [1.54, 1.807) is 19.1 Å². The lowest BCUT2D eigenvalue weighted by molar-refractivity contribution is -0.123. The summed E-state index contributed by atoms with van der Waals surface area (Å²) in [6.45, 7) is 5.34. The zero-order valence-electron chi connectivity index (χ0n) is 17.1. The average molecular weight is 447 g/mol. The molecule has 0 saturated carbocycles. The van der Waals surface area contributed by atoms with Crippen LogP contribution in [0.15, 0.2) is 47.0 Å². The Bertz CT molecular complexity index is 1080. The van der Waals surface area contributed by atoms with E-state index in [4.69, 9.17) is 25.6 Å². The molecule has 1 N–H and O–H groups in total. The maximum atomic E-state index is 13.1. The number of esters is 1. The summed E-state index contributed by atoms with van der Waals surface area (Å²) in [5, 5.41) is 6.41. The molecular weight excluding hydrogens is 427 g/mol. The summed E-state index contributed by atoms with van der Waals surface area (Å²) in [4.78, 5) is 24.6. The molecule has 0 spiro atoms. The monoisotopic (exact) mass is 446 g/mol. The highest BCUT2D eigenvalue weighted by Crippen LogP contribution is 2.23. The quantitative estimate of drug-likeness (QED) is 0.522. The molecule has 0 saturated heterocycles. The van der Waals surface area contributed by atoms with Crippen molar-refractivity contribution in [3.8, 4) is 5.75 Å². The maximum Gasteiger partial charge on any atom is 0.338 e. The lowest BCUT2D eigenvalue weighted by Gasteiger charge is -2.14. The molecule has 0 aliphatic carbocycles. The molecule has 0 aliphatic rings. The molecule has 2 aromatic carbocycles. The number of amides is 1. The number of anilines is 1. The number of aryl methyl sites for hydroxylation is 2. The number of aromatic nitrogens is 1.